The Morgan fingerprint density at radius 3 is 2.21 bits per heavy atom. The van der Waals surface area contributed by atoms with Crippen LogP contribution in [0, 0.1) is 0 Å². The summed E-state index contributed by atoms with van der Waals surface area (Å²) in [7, 11) is 0. The normalized spacial score (nSPS) is 22.9. The lowest BCUT2D eigenvalue weighted by Crippen LogP contribution is -2.52. The average Bonchev–Trinajstić information content (AvgIpc) is 2.82. The van der Waals surface area contributed by atoms with Crippen LogP contribution in [0.2, 0.25) is 0 Å². The minimum atomic E-state index is -4.69. The van der Waals surface area contributed by atoms with Gasteiger partial charge in [0, 0.05) is 0 Å². The topological polar surface area (TPSA) is 125 Å². The van der Waals surface area contributed by atoms with E-state index in [1.165, 1.54) is 12.1 Å². The highest BCUT2D eigenvalue weighted by molar-refractivity contribution is 5.88. The first-order valence-electron chi connectivity index (χ1n) is 10.2. The van der Waals surface area contributed by atoms with Gasteiger partial charge in [0.2, 0.25) is 0 Å². The number of halogens is 3. The molecule has 4 N–H and O–H groups in total. The van der Waals surface area contributed by atoms with Crippen LogP contribution >= 0.6 is 0 Å². The van der Waals surface area contributed by atoms with E-state index in [9.17, 15) is 28.2 Å². The lowest BCUT2D eigenvalue weighted by molar-refractivity contribution is -0.141. The molecule has 0 unspecified atom stereocenters. The summed E-state index contributed by atoms with van der Waals surface area (Å²) in [5, 5.41) is 32.4. The first-order chi connectivity index (χ1) is 16.1. The average molecular weight is 475 g/mol. The van der Waals surface area contributed by atoms with Gasteiger partial charge in [-0.2, -0.15) is 13.2 Å². The van der Waals surface area contributed by atoms with E-state index < -0.39 is 42.2 Å². The van der Waals surface area contributed by atoms with Gasteiger partial charge in [-0.1, -0.05) is 36.4 Å². The molecule has 1 aromatic heterocycles. The number of alkyl halides is 3. The minimum Gasteiger partial charge on any atom is -0.478 e. The highest BCUT2D eigenvalue weighted by Crippen LogP contribution is 2.33. The van der Waals surface area contributed by atoms with Crippen molar-refractivity contribution in [3.05, 3.63) is 77.7 Å². The predicted molar refractivity (Wildman–Crippen MR) is 114 cm³/mol. The molecule has 0 amide bonds. The fraction of sp³-hybridized carbons (Fsp3) is 0.261. The first kappa shape index (κ1) is 23.6. The van der Waals surface area contributed by atoms with Gasteiger partial charge < -0.3 is 25.4 Å². The number of aromatic carboxylic acids is 1. The zero-order valence-electron chi connectivity index (χ0n) is 17.5. The highest BCUT2D eigenvalue weighted by Gasteiger charge is 2.40. The van der Waals surface area contributed by atoms with Gasteiger partial charge in [0.1, 0.15) is 24.1 Å². The summed E-state index contributed by atoms with van der Waals surface area (Å²) in [5.74, 6) is -1.25. The monoisotopic (exact) mass is 475 g/mol. The van der Waals surface area contributed by atoms with Crippen LogP contribution in [-0.4, -0.2) is 56.1 Å². The largest absolute Gasteiger partial charge is 0.478 e. The van der Waals surface area contributed by atoms with E-state index in [0.29, 0.717) is 11.8 Å². The number of hydrogen-bond acceptors (Lipinski definition) is 7. The van der Waals surface area contributed by atoms with Crippen molar-refractivity contribution in [3.8, 4) is 11.1 Å². The summed E-state index contributed by atoms with van der Waals surface area (Å²) < 4.78 is 44.7. The van der Waals surface area contributed by atoms with Crippen LogP contribution in [0.4, 0.5) is 19.0 Å². The van der Waals surface area contributed by atoms with Crippen molar-refractivity contribution in [1.29, 1.82) is 0 Å². The molecule has 0 bridgehead atoms. The Bertz CT molecular complexity index is 1160. The molecule has 1 saturated heterocycles. The second-order valence-electron chi connectivity index (χ2n) is 7.77. The molecule has 8 nitrogen and oxygen atoms in total. The molecule has 4 rings (SSSR count). The number of aromatic nitrogens is 2. The summed E-state index contributed by atoms with van der Waals surface area (Å²) in [4.78, 5) is 18.1. The molecular formula is C23H20F3N3O5. The Morgan fingerprint density at radius 1 is 1.00 bits per heavy atom. The smallest absolute Gasteiger partial charge is 0.434 e. The van der Waals surface area contributed by atoms with Crippen molar-refractivity contribution in [2.24, 2.45) is 0 Å². The van der Waals surface area contributed by atoms with Crippen LogP contribution in [-0.2, 0) is 10.9 Å². The standard InChI is InChI=1S/C23H20F3N3O5/c24-23(25,26)17-9-27-10-18(28-17)29-19-20(31)16(30)11-34-21(19)14-5-1-12(2-6-14)13-3-7-15(8-4-13)22(32)33/h1-10,16,19-21,30-31H,11H2,(H,28,29)(H,32,33)/t16-,19+,20-,21+/m0/s1. The van der Waals surface area contributed by atoms with Gasteiger partial charge in [-0.15, -0.1) is 0 Å². The number of aliphatic hydroxyl groups is 2. The molecule has 0 spiro atoms. The fourth-order valence-corrected chi connectivity index (χ4v) is 3.70. The number of ether oxygens (including phenoxy) is 1. The van der Waals surface area contributed by atoms with Crippen LogP contribution < -0.4 is 5.32 Å². The number of carboxylic acid groups (broad SMARTS) is 1. The molecule has 34 heavy (non-hydrogen) atoms. The summed E-state index contributed by atoms with van der Waals surface area (Å²) in [5.41, 5.74) is 1.15. The second-order valence-corrected chi connectivity index (χ2v) is 7.77. The minimum absolute atomic E-state index is 0.162. The van der Waals surface area contributed by atoms with E-state index in [-0.39, 0.29) is 18.0 Å². The van der Waals surface area contributed by atoms with E-state index in [0.717, 1.165) is 17.3 Å². The maximum Gasteiger partial charge on any atom is 0.434 e. The molecule has 4 atom stereocenters. The van der Waals surface area contributed by atoms with Gasteiger partial charge in [0.15, 0.2) is 5.69 Å². The number of anilines is 1. The molecular weight excluding hydrogens is 455 g/mol. The maximum atomic E-state index is 13.0. The Morgan fingerprint density at radius 2 is 1.62 bits per heavy atom. The number of rotatable bonds is 5. The molecule has 11 heteroatoms. The third kappa shape index (κ3) is 5.01. The number of aliphatic hydroxyl groups excluding tert-OH is 2. The summed E-state index contributed by atoms with van der Waals surface area (Å²) >= 11 is 0. The Kier molecular flexibility index (Phi) is 6.51. The van der Waals surface area contributed by atoms with Gasteiger partial charge in [-0.05, 0) is 28.8 Å². The van der Waals surface area contributed by atoms with Crippen molar-refractivity contribution in [2.75, 3.05) is 11.9 Å². The lowest BCUT2D eigenvalue weighted by atomic mass is 9.91. The van der Waals surface area contributed by atoms with Crippen molar-refractivity contribution >= 4 is 11.8 Å². The van der Waals surface area contributed by atoms with Gasteiger partial charge in [0.25, 0.3) is 0 Å². The van der Waals surface area contributed by atoms with Crippen LogP contribution in [0.25, 0.3) is 11.1 Å². The molecule has 1 aliphatic rings. The SMILES string of the molecule is O=C(O)c1ccc(-c2ccc([C@H]3OC[C@H](O)[C@H](O)[C@H]3Nc3cncc(C(F)(F)F)n3)cc2)cc1. The molecule has 0 saturated carbocycles. The molecule has 3 aromatic rings. The van der Waals surface area contributed by atoms with E-state index in [4.69, 9.17) is 9.84 Å². The third-order valence-corrected chi connectivity index (χ3v) is 5.48. The van der Waals surface area contributed by atoms with E-state index in [1.54, 1.807) is 36.4 Å². The van der Waals surface area contributed by atoms with E-state index >= 15 is 0 Å². The van der Waals surface area contributed by atoms with Crippen molar-refractivity contribution < 1.29 is 38.0 Å². The molecule has 2 aromatic carbocycles. The number of carbonyl (C=O) groups is 1. The van der Waals surface area contributed by atoms with Gasteiger partial charge in [-0.3, -0.25) is 4.98 Å². The van der Waals surface area contributed by atoms with Gasteiger partial charge in [0.05, 0.1) is 30.6 Å². The summed E-state index contributed by atoms with van der Waals surface area (Å²) in [6.45, 7) is -0.170. The Hall–Kier alpha value is -3.54. The van der Waals surface area contributed by atoms with Gasteiger partial charge >= 0.3 is 12.1 Å². The fourth-order valence-electron chi connectivity index (χ4n) is 3.70. The zero-order valence-corrected chi connectivity index (χ0v) is 17.5. The second kappa shape index (κ2) is 9.37. The number of benzene rings is 2. The molecule has 2 heterocycles. The van der Waals surface area contributed by atoms with Crippen molar-refractivity contribution in [2.45, 2.75) is 30.5 Å². The molecule has 1 fully saturated rings. The highest BCUT2D eigenvalue weighted by atomic mass is 19.4. The molecule has 0 aliphatic carbocycles. The lowest BCUT2D eigenvalue weighted by Gasteiger charge is -2.39. The van der Waals surface area contributed by atoms with Crippen molar-refractivity contribution in [1.82, 2.24) is 9.97 Å². The number of nitrogens with one attached hydrogen (secondary N) is 1. The van der Waals surface area contributed by atoms with Crippen LogP contribution in [0.1, 0.15) is 27.7 Å². The predicted octanol–water partition coefficient (Wildman–Crippen LogP) is 3.13. The van der Waals surface area contributed by atoms with Crippen molar-refractivity contribution in [3.63, 3.8) is 0 Å². The summed E-state index contributed by atoms with van der Waals surface area (Å²) in [6.07, 6.45) is -6.42. The third-order valence-electron chi connectivity index (χ3n) is 5.48. The molecule has 178 valence electrons. The first-order valence-corrected chi connectivity index (χ1v) is 10.2. The maximum absolute atomic E-state index is 13.0. The number of carboxylic acids is 1. The van der Waals surface area contributed by atoms with Crippen LogP contribution in [0.5, 0.6) is 0 Å². The summed E-state index contributed by atoms with van der Waals surface area (Å²) in [6, 6.07) is 12.3. The number of nitrogens with zero attached hydrogens (tertiary/aromatic N) is 2. The molecule has 0 radical (unpaired) electrons. The zero-order chi connectivity index (χ0) is 24.5. The van der Waals surface area contributed by atoms with E-state index in [2.05, 4.69) is 15.3 Å². The van der Waals surface area contributed by atoms with Gasteiger partial charge in [-0.25, -0.2) is 9.78 Å². The Balaban J connectivity index is 1.58. The van der Waals surface area contributed by atoms with Crippen LogP contribution in [0.15, 0.2) is 60.9 Å². The van der Waals surface area contributed by atoms with Crippen LogP contribution in [0.3, 0.4) is 0 Å². The quantitative estimate of drug-likeness (QED) is 0.444. The molecule has 1 aliphatic heterocycles. The number of hydrogen-bond donors (Lipinski definition) is 4. The Labute approximate surface area is 191 Å². The van der Waals surface area contributed by atoms with E-state index in [1.807, 2.05) is 0 Å².